The predicted molar refractivity (Wildman–Crippen MR) is 107 cm³/mol. The molecule has 2 aromatic heterocycles. The molecule has 0 fully saturated rings. The van der Waals surface area contributed by atoms with Gasteiger partial charge in [0.15, 0.2) is 4.83 Å². The predicted octanol–water partition coefficient (Wildman–Crippen LogP) is 3.23. The third-order valence-electron chi connectivity index (χ3n) is 5.13. The topological polar surface area (TPSA) is 76.9 Å². The smallest absolute Gasteiger partial charge is 0.279 e. The summed E-state index contributed by atoms with van der Waals surface area (Å²) in [5.41, 5.74) is 3.75. The van der Waals surface area contributed by atoms with E-state index in [1.54, 1.807) is 11.3 Å². The second kappa shape index (κ2) is 6.88. The maximum atomic E-state index is 12.9. The average molecular weight is 382 g/mol. The van der Waals surface area contributed by atoms with E-state index in [0.717, 1.165) is 41.6 Å². The van der Waals surface area contributed by atoms with Gasteiger partial charge in [-0.1, -0.05) is 29.8 Å². The van der Waals surface area contributed by atoms with Crippen LogP contribution in [-0.4, -0.2) is 20.9 Å². The minimum absolute atomic E-state index is 0.143. The van der Waals surface area contributed by atoms with Gasteiger partial charge in [-0.25, -0.2) is 4.68 Å². The van der Waals surface area contributed by atoms with Crippen molar-refractivity contribution in [2.75, 3.05) is 5.32 Å². The number of amides is 1. The molecule has 1 aliphatic carbocycles. The third-order valence-corrected chi connectivity index (χ3v) is 6.27. The van der Waals surface area contributed by atoms with Crippen LogP contribution in [0.4, 0.5) is 5.69 Å². The maximum Gasteiger partial charge on any atom is 0.279 e. The van der Waals surface area contributed by atoms with Crippen molar-refractivity contribution in [2.45, 2.75) is 46.6 Å². The van der Waals surface area contributed by atoms with E-state index in [1.165, 1.54) is 9.56 Å². The highest BCUT2D eigenvalue weighted by atomic mass is 32.1. The molecule has 1 aromatic carbocycles. The zero-order valence-corrected chi connectivity index (χ0v) is 16.5. The molecule has 0 bridgehead atoms. The lowest BCUT2D eigenvalue weighted by atomic mass is 9.89. The van der Waals surface area contributed by atoms with Crippen molar-refractivity contribution in [3.63, 3.8) is 0 Å². The van der Waals surface area contributed by atoms with Crippen molar-refractivity contribution in [3.8, 4) is 0 Å². The summed E-state index contributed by atoms with van der Waals surface area (Å²) in [4.78, 5) is 27.3. The van der Waals surface area contributed by atoms with Gasteiger partial charge in [0.1, 0.15) is 6.54 Å². The van der Waals surface area contributed by atoms with Crippen LogP contribution in [0.25, 0.3) is 10.2 Å². The molecule has 27 heavy (non-hydrogen) atoms. The lowest BCUT2D eigenvalue weighted by Gasteiger charge is -2.17. The van der Waals surface area contributed by atoms with E-state index in [0.29, 0.717) is 16.1 Å². The van der Waals surface area contributed by atoms with Crippen molar-refractivity contribution >= 4 is 33.1 Å². The van der Waals surface area contributed by atoms with Gasteiger partial charge in [-0.2, -0.15) is 0 Å². The number of carbonyl (C=O) groups is 1. The highest BCUT2D eigenvalue weighted by Crippen LogP contribution is 2.35. The van der Waals surface area contributed by atoms with Crippen LogP contribution in [0.3, 0.4) is 0 Å². The van der Waals surface area contributed by atoms with Crippen LogP contribution in [0.5, 0.6) is 0 Å². The third kappa shape index (κ3) is 3.39. The monoisotopic (exact) mass is 382 g/mol. The Balaban J connectivity index is 1.61. The number of nitrogens with zero attached hydrogens (tertiary/aromatic N) is 3. The Morgan fingerprint density at radius 1 is 1.37 bits per heavy atom. The van der Waals surface area contributed by atoms with Gasteiger partial charge in [-0.05, 0) is 56.2 Å². The average Bonchev–Trinajstić information content (AvgIpc) is 2.98. The highest BCUT2D eigenvalue weighted by molar-refractivity contribution is 7.18. The second-order valence-electron chi connectivity index (χ2n) is 7.45. The van der Waals surface area contributed by atoms with Crippen LogP contribution in [0.1, 0.15) is 34.9 Å². The first kappa shape index (κ1) is 17.9. The molecule has 3 aromatic rings. The summed E-state index contributed by atoms with van der Waals surface area (Å²) in [7, 11) is 0. The van der Waals surface area contributed by atoms with Crippen molar-refractivity contribution in [3.05, 3.63) is 50.1 Å². The van der Waals surface area contributed by atoms with Crippen LogP contribution in [-0.2, 0) is 24.2 Å². The Kier molecular flexibility index (Phi) is 4.55. The molecule has 1 N–H and O–H groups in total. The number of benzene rings is 1. The number of aryl methyl sites for hydroxylation is 3. The van der Waals surface area contributed by atoms with E-state index in [2.05, 4.69) is 22.6 Å². The second-order valence-corrected chi connectivity index (χ2v) is 8.53. The van der Waals surface area contributed by atoms with Gasteiger partial charge in [0.2, 0.25) is 5.91 Å². The van der Waals surface area contributed by atoms with Crippen molar-refractivity contribution in [1.29, 1.82) is 0 Å². The van der Waals surface area contributed by atoms with Crippen LogP contribution in [0.2, 0.25) is 0 Å². The molecule has 0 saturated heterocycles. The number of nitrogens with one attached hydrogen (secondary N) is 1. The molecule has 6 nitrogen and oxygen atoms in total. The molecule has 140 valence electrons. The number of fused-ring (bicyclic) bond motifs is 3. The maximum absolute atomic E-state index is 12.9. The molecule has 0 aliphatic heterocycles. The van der Waals surface area contributed by atoms with Gasteiger partial charge in [0, 0.05) is 10.6 Å². The Hall–Kier alpha value is -2.54. The highest BCUT2D eigenvalue weighted by Gasteiger charge is 2.24. The number of anilines is 1. The summed E-state index contributed by atoms with van der Waals surface area (Å²) in [5.74, 6) is 0.347. The minimum Gasteiger partial charge on any atom is -0.324 e. The SMILES string of the molecule is Cc1ccc(NC(=O)Cn2nnc3sc4c(c3c2=O)CCC(C)C4)c(C)c1. The Morgan fingerprint density at radius 2 is 2.19 bits per heavy atom. The van der Waals surface area contributed by atoms with Gasteiger partial charge in [0.25, 0.3) is 5.56 Å². The molecule has 1 atom stereocenters. The molecule has 7 heteroatoms. The summed E-state index contributed by atoms with van der Waals surface area (Å²) in [5, 5.41) is 11.7. The summed E-state index contributed by atoms with van der Waals surface area (Å²) in [6.45, 7) is 6.04. The standard InChI is InChI=1S/C20H22N4O2S/c1-11-5-7-15(13(3)8-11)21-17(25)10-24-20(26)18-14-6-4-12(2)9-16(14)27-19(18)22-23-24/h5,7-8,12H,4,6,9-10H2,1-3H3,(H,21,25). The largest absolute Gasteiger partial charge is 0.324 e. The van der Waals surface area contributed by atoms with Gasteiger partial charge in [0.05, 0.1) is 5.39 Å². The number of aromatic nitrogens is 3. The van der Waals surface area contributed by atoms with E-state index >= 15 is 0 Å². The molecule has 1 unspecified atom stereocenters. The number of carbonyl (C=O) groups excluding carboxylic acids is 1. The van der Waals surface area contributed by atoms with Crippen molar-refractivity contribution < 1.29 is 4.79 Å². The van der Waals surface area contributed by atoms with Crippen LogP contribution in [0.15, 0.2) is 23.0 Å². The van der Waals surface area contributed by atoms with Gasteiger partial charge < -0.3 is 5.32 Å². The fourth-order valence-corrected chi connectivity index (χ4v) is 4.99. The van der Waals surface area contributed by atoms with Gasteiger partial charge >= 0.3 is 0 Å². The summed E-state index contributed by atoms with van der Waals surface area (Å²) in [6.07, 6.45) is 2.96. The lowest BCUT2D eigenvalue weighted by Crippen LogP contribution is -2.30. The molecule has 0 radical (unpaired) electrons. The summed E-state index contributed by atoms with van der Waals surface area (Å²) < 4.78 is 1.17. The molecular weight excluding hydrogens is 360 g/mol. The summed E-state index contributed by atoms with van der Waals surface area (Å²) in [6, 6.07) is 5.82. The molecular formula is C20H22N4O2S. The number of hydrogen-bond acceptors (Lipinski definition) is 5. The molecule has 0 spiro atoms. The molecule has 4 rings (SSSR count). The minimum atomic E-state index is -0.282. The van der Waals surface area contributed by atoms with Crippen molar-refractivity contribution in [2.24, 2.45) is 5.92 Å². The fraction of sp³-hybridized carbons (Fsp3) is 0.400. The van der Waals surface area contributed by atoms with Gasteiger partial charge in [-0.3, -0.25) is 9.59 Å². The zero-order chi connectivity index (χ0) is 19.1. The van der Waals surface area contributed by atoms with Crippen LogP contribution in [0, 0.1) is 19.8 Å². The van der Waals surface area contributed by atoms with Crippen molar-refractivity contribution in [1.82, 2.24) is 15.0 Å². The number of thiophene rings is 1. The van der Waals surface area contributed by atoms with E-state index in [1.807, 2.05) is 32.0 Å². The first-order valence-corrected chi connectivity index (χ1v) is 9.99. The van der Waals surface area contributed by atoms with Gasteiger partial charge in [-0.15, -0.1) is 16.4 Å². The van der Waals surface area contributed by atoms with E-state index < -0.39 is 0 Å². The Morgan fingerprint density at radius 3 is 2.96 bits per heavy atom. The van der Waals surface area contributed by atoms with E-state index in [9.17, 15) is 9.59 Å². The zero-order valence-electron chi connectivity index (χ0n) is 15.7. The normalized spacial score (nSPS) is 16.3. The fourth-order valence-electron chi connectivity index (χ4n) is 3.67. The quantitative estimate of drug-likeness (QED) is 0.754. The van der Waals surface area contributed by atoms with E-state index in [-0.39, 0.29) is 18.0 Å². The lowest BCUT2D eigenvalue weighted by molar-refractivity contribution is -0.117. The molecule has 1 amide bonds. The first-order valence-electron chi connectivity index (χ1n) is 9.17. The molecule has 1 aliphatic rings. The molecule has 0 saturated carbocycles. The molecule has 2 heterocycles. The van der Waals surface area contributed by atoms with Crippen LogP contribution >= 0.6 is 11.3 Å². The van der Waals surface area contributed by atoms with Crippen LogP contribution < -0.4 is 10.9 Å². The summed E-state index contributed by atoms with van der Waals surface area (Å²) >= 11 is 1.56. The Bertz CT molecular complexity index is 1100. The van der Waals surface area contributed by atoms with E-state index in [4.69, 9.17) is 0 Å². The first-order chi connectivity index (χ1) is 12.9. The number of rotatable bonds is 3. The number of hydrogen-bond donors (Lipinski definition) is 1. The Labute approximate surface area is 161 Å².